The summed E-state index contributed by atoms with van der Waals surface area (Å²) in [5.41, 5.74) is -0.438. The third kappa shape index (κ3) is 3.20. The second kappa shape index (κ2) is 5.82. The summed E-state index contributed by atoms with van der Waals surface area (Å²) < 4.78 is 1.98. The molecule has 0 atom stereocenters. The Hall–Kier alpha value is -0.940. The molecule has 0 spiro atoms. The van der Waals surface area contributed by atoms with Crippen LogP contribution in [0.5, 0.6) is 0 Å². The van der Waals surface area contributed by atoms with Crippen LogP contribution in [0.2, 0.25) is 0 Å². The maximum absolute atomic E-state index is 10.7. The minimum absolute atomic E-state index is 0.438. The molecule has 2 fully saturated rings. The molecule has 2 aliphatic rings. The van der Waals surface area contributed by atoms with Gasteiger partial charge in [0.2, 0.25) is 0 Å². The van der Waals surface area contributed by atoms with Crippen LogP contribution < -0.4 is 0 Å². The fraction of sp³-hybridized carbons (Fsp3) is 0.867. The molecule has 1 N–H and O–H groups in total. The van der Waals surface area contributed by atoms with Crippen molar-refractivity contribution in [1.29, 1.82) is 0 Å². The Kier molecular flexibility index (Phi) is 4.08. The van der Waals surface area contributed by atoms with Crippen molar-refractivity contribution in [2.24, 2.45) is 5.92 Å². The molecule has 3 rings (SSSR count). The number of aliphatic hydroxyl groups is 1. The number of hydrogen-bond donors (Lipinski definition) is 1. The van der Waals surface area contributed by atoms with Gasteiger partial charge < -0.3 is 10.0 Å². The molecule has 20 heavy (non-hydrogen) atoms. The molecule has 2 heterocycles. The minimum Gasteiger partial charge on any atom is -0.389 e. The van der Waals surface area contributed by atoms with Gasteiger partial charge in [0.05, 0.1) is 11.6 Å². The fourth-order valence-corrected chi connectivity index (χ4v) is 3.62. The molecular formula is C15H26N4O. The second-order valence-corrected chi connectivity index (χ2v) is 6.79. The zero-order chi connectivity index (χ0) is 14.0. The molecular weight excluding hydrogens is 252 g/mol. The van der Waals surface area contributed by atoms with E-state index in [1.165, 1.54) is 12.8 Å². The molecule has 1 saturated heterocycles. The molecule has 0 unspecified atom stereocenters. The Labute approximate surface area is 121 Å². The van der Waals surface area contributed by atoms with Crippen molar-refractivity contribution >= 4 is 0 Å². The lowest BCUT2D eigenvalue weighted by Crippen LogP contribution is -2.48. The van der Waals surface area contributed by atoms with Crippen LogP contribution in [0, 0.1) is 5.92 Å². The van der Waals surface area contributed by atoms with Crippen LogP contribution in [0.1, 0.15) is 51.5 Å². The molecule has 5 nitrogen and oxygen atoms in total. The van der Waals surface area contributed by atoms with Crippen LogP contribution in [0.4, 0.5) is 0 Å². The SMILES string of the molecule is CC1CCC(O)(CN2CCC(n3cncn3)CC2)CC1. The highest BCUT2D eigenvalue weighted by Crippen LogP contribution is 2.33. The van der Waals surface area contributed by atoms with Gasteiger partial charge in [0.15, 0.2) is 0 Å². The Morgan fingerprint density at radius 1 is 1.20 bits per heavy atom. The summed E-state index contributed by atoms with van der Waals surface area (Å²) in [6, 6.07) is 0.481. The van der Waals surface area contributed by atoms with Crippen LogP contribution in [0.3, 0.4) is 0 Å². The average Bonchev–Trinajstić information content (AvgIpc) is 2.97. The van der Waals surface area contributed by atoms with Crippen molar-refractivity contribution < 1.29 is 5.11 Å². The molecule has 1 saturated carbocycles. The molecule has 1 aromatic rings. The zero-order valence-electron chi connectivity index (χ0n) is 12.4. The molecule has 1 aromatic heterocycles. The quantitative estimate of drug-likeness (QED) is 0.917. The number of β-amino-alcohol motifs (C(OH)–C–C–N with tert-alkyl or cyclic N) is 1. The van der Waals surface area contributed by atoms with E-state index in [9.17, 15) is 5.11 Å². The normalized spacial score (nSPS) is 33.4. The van der Waals surface area contributed by atoms with Crippen LogP contribution in [-0.2, 0) is 0 Å². The van der Waals surface area contributed by atoms with Gasteiger partial charge in [0, 0.05) is 19.6 Å². The third-order valence-electron chi connectivity index (χ3n) is 5.09. The standard InChI is InChI=1S/C15H26N4O/c1-13-2-6-15(20,7-3-13)10-18-8-4-14(5-9-18)19-12-16-11-17-19/h11-14,20H,2-10H2,1H3. The van der Waals surface area contributed by atoms with E-state index in [1.807, 2.05) is 11.0 Å². The van der Waals surface area contributed by atoms with Crippen LogP contribution in [0.15, 0.2) is 12.7 Å². The lowest BCUT2D eigenvalue weighted by molar-refractivity contribution is -0.0406. The van der Waals surface area contributed by atoms with E-state index in [0.29, 0.717) is 6.04 Å². The van der Waals surface area contributed by atoms with Crippen molar-refractivity contribution in [3.63, 3.8) is 0 Å². The number of rotatable bonds is 3. The van der Waals surface area contributed by atoms with E-state index < -0.39 is 5.60 Å². The monoisotopic (exact) mass is 278 g/mol. The lowest BCUT2D eigenvalue weighted by Gasteiger charge is -2.41. The average molecular weight is 278 g/mol. The fourth-order valence-electron chi connectivity index (χ4n) is 3.62. The van der Waals surface area contributed by atoms with Crippen LogP contribution in [-0.4, -0.2) is 50.0 Å². The van der Waals surface area contributed by atoms with Gasteiger partial charge in [-0.05, 0) is 44.4 Å². The van der Waals surface area contributed by atoms with Gasteiger partial charge in [-0.1, -0.05) is 6.92 Å². The summed E-state index contributed by atoms with van der Waals surface area (Å²) in [6.45, 7) is 5.26. The summed E-state index contributed by atoms with van der Waals surface area (Å²) in [7, 11) is 0. The first-order valence-electron chi connectivity index (χ1n) is 7.93. The van der Waals surface area contributed by atoms with E-state index in [-0.39, 0.29) is 0 Å². The zero-order valence-corrected chi connectivity index (χ0v) is 12.4. The van der Waals surface area contributed by atoms with Gasteiger partial charge in [0.1, 0.15) is 12.7 Å². The van der Waals surface area contributed by atoms with Crippen molar-refractivity contribution in [1.82, 2.24) is 19.7 Å². The van der Waals surface area contributed by atoms with E-state index in [1.54, 1.807) is 6.33 Å². The number of piperidine rings is 1. The van der Waals surface area contributed by atoms with Gasteiger partial charge in [0.25, 0.3) is 0 Å². The van der Waals surface area contributed by atoms with E-state index in [4.69, 9.17) is 0 Å². The maximum Gasteiger partial charge on any atom is 0.137 e. The Bertz CT molecular complexity index is 404. The summed E-state index contributed by atoms with van der Waals surface area (Å²) in [5.74, 6) is 0.785. The molecule has 0 bridgehead atoms. The van der Waals surface area contributed by atoms with Gasteiger partial charge in [-0.2, -0.15) is 5.10 Å². The first-order valence-corrected chi connectivity index (χ1v) is 7.93. The van der Waals surface area contributed by atoms with E-state index in [0.717, 1.165) is 51.2 Å². The van der Waals surface area contributed by atoms with E-state index in [2.05, 4.69) is 21.9 Å². The smallest absolute Gasteiger partial charge is 0.137 e. The van der Waals surface area contributed by atoms with Gasteiger partial charge >= 0.3 is 0 Å². The highest BCUT2D eigenvalue weighted by Gasteiger charge is 2.34. The predicted octanol–water partition coefficient (Wildman–Crippen LogP) is 1.86. The topological polar surface area (TPSA) is 54.2 Å². The first-order chi connectivity index (χ1) is 9.65. The Morgan fingerprint density at radius 2 is 1.90 bits per heavy atom. The summed E-state index contributed by atoms with van der Waals surface area (Å²) >= 11 is 0. The summed E-state index contributed by atoms with van der Waals surface area (Å²) in [5, 5.41) is 15.0. The first kappa shape index (κ1) is 14.0. The van der Waals surface area contributed by atoms with Crippen molar-refractivity contribution in [3.05, 3.63) is 12.7 Å². The number of nitrogens with zero attached hydrogens (tertiary/aromatic N) is 4. The van der Waals surface area contributed by atoms with Gasteiger partial charge in [-0.15, -0.1) is 0 Å². The van der Waals surface area contributed by atoms with Crippen molar-refractivity contribution in [2.75, 3.05) is 19.6 Å². The highest BCUT2D eigenvalue weighted by atomic mass is 16.3. The largest absolute Gasteiger partial charge is 0.389 e. The molecule has 5 heteroatoms. The number of hydrogen-bond acceptors (Lipinski definition) is 4. The third-order valence-corrected chi connectivity index (χ3v) is 5.09. The van der Waals surface area contributed by atoms with Crippen molar-refractivity contribution in [3.8, 4) is 0 Å². The molecule has 1 aliphatic carbocycles. The highest BCUT2D eigenvalue weighted by molar-refractivity contribution is 4.89. The number of aromatic nitrogens is 3. The predicted molar refractivity (Wildman–Crippen MR) is 77.3 cm³/mol. The number of likely N-dealkylation sites (tertiary alicyclic amines) is 1. The van der Waals surface area contributed by atoms with Crippen LogP contribution in [0.25, 0.3) is 0 Å². The van der Waals surface area contributed by atoms with Crippen molar-refractivity contribution in [2.45, 2.75) is 57.1 Å². The lowest BCUT2D eigenvalue weighted by atomic mass is 9.79. The minimum atomic E-state index is -0.438. The summed E-state index contributed by atoms with van der Waals surface area (Å²) in [4.78, 5) is 6.46. The molecule has 112 valence electrons. The van der Waals surface area contributed by atoms with E-state index >= 15 is 0 Å². The van der Waals surface area contributed by atoms with Crippen LogP contribution >= 0.6 is 0 Å². The molecule has 0 radical (unpaired) electrons. The molecule has 0 amide bonds. The summed E-state index contributed by atoms with van der Waals surface area (Å²) in [6.07, 6.45) is 9.92. The molecule has 1 aliphatic heterocycles. The maximum atomic E-state index is 10.7. The van der Waals surface area contributed by atoms with Gasteiger partial charge in [-0.25, -0.2) is 9.67 Å². The Morgan fingerprint density at radius 3 is 2.50 bits per heavy atom. The Balaban J connectivity index is 1.49. The van der Waals surface area contributed by atoms with Gasteiger partial charge in [-0.3, -0.25) is 0 Å². The second-order valence-electron chi connectivity index (χ2n) is 6.79. The molecule has 0 aromatic carbocycles.